The third kappa shape index (κ3) is 2.89. The molecule has 0 fully saturated rings. The molecule has 1 heterocycles. The van der Waals surface area contributed by atoms with Crippen molar-refractivity contribution in [2.24, 2.45) is 7.05 Å². The van der Waals surface area contributed by atoms with Crippen LogP contribution < -0.4 is 5.32 Å². The molecule has 2 aromatic rings. The van der Waals surface area contributed by atoms with E-state index in [4.69, 9.17) is 11.6 Å². The molecule has 1 N–H and O–H groups in total. The highest BCUT2D eigenvalue weighted by molar-refractivity contribution is 6.30. The van der Waals surface area contributed by atoms with E-state index >= 15 is 0 Å². The summed E-state index contributed by atoms with van der Waals surface area (Å²) in [6.07, 6.45) is 0. The minimum absolute atomic E-state index is 0.223. The van der Waals surface area contributed by atoms with Crippen LogP contribution in [-0.4, -0.2) is 14.8 Å². The maximum Gasteiger partial charge on any atom is 0.146 e. The Kier molecular flexibility index (Phi) is 3.99. The number of halogens is 1. The van der Waals surface area contributed by atoms with Crippen LogP contribution in [-0.2, 0) is 13.6 Å². The highest BCUT2D eigenvalue weighted by Gasteiger charge is 2.08. The van der Waals surface area contributed by atoms with Crippen LogP contribution in [0, 0.1) is 6.92 Å². The molecular formula is C13H17ClN4. The molecule has 0 aliphatic rings. The Balaban J connectivity index is 2.00. The molecule has 0 spiro atoms. The third-order valence-electron chi connectivity index (χ3n) is 3.10. The molecule has 0 amide bonds. The number of aryl methyl sites for hydroxylation is 1. The fourth-order valence-corrected chi connectivity index (χ4v) is 1.94. The molecule has 18 heavy (non-hydrogen) atoms. The van der Waals surface area contributed by atoms with Gasteiger partial charge in [0.15, 0.2) is 0 Å². The van der Waals surface area contributed by atoms with Crippen LogP contribution in [0.1, 0.15) is 30.2 Å². The van der Waals surface area contributed by atoms with Gasteiger partial charge in [0.25, 0.3) is 0 Å². The summed E-state index contributed by atoms with van der Waals surface area (Å²) in [5, 5.41) is 12.3. The van der Waals surface area contributed by atoms with E-state index in [1.165, 1.54) is 5.56 Å². The average Bonchev–Trinajstić information content (AvgIpc) is 2.67. The topological polar surface area (TPSA) is 42.7 Å². The zero-order valence-corrected chi connectivity index (χ0v) is 11.6. The van der Waals surface area contributed by atoms with Crippen molar-refractivity contribution in [1.29, 1.82) is 0 Å². The zero-order chi connectivity index (χ0) is 13.1. The van der Waals surface area contributed by atoms with Gasteiger partial charge in [-0.1, -0.05) is 23.7 Å². The fourth-order valence-electron chi connectivity index (χ4n) is 1.74. The maximum absolute atomic E-state index is 5.98. The van der Waals surface area contributed by atoms with Gasteiger partial charge >= 0.3 is 0 Å². The third-order valence-corrected chi connectivity index (χ3v) is 3.33. The smallest absolute Gasteiger partial charge is 0.146 e. The second-order valence-corrected chi connectivity index (χ2v) is 4.82. The normalized spacial score (nSPS) is 12.7. The van der Waals surface area contributed by atoms with Gasteiger partial charge in [-0.05, 0) is 31.5 Å². The standard InChI is InChI=1S/C13H17ClN4/c1-9(11-5-4-6-12(14)7-11)15-8-13-17-16-10(2)18(13)3/h4-7,9,15H,8H2,1-3H3. The van der Waals surface area contributed by atoms with Gasteiger partial charge in [0.05, 0.1) is 6.54 Å². The molecule has 0 bridgehead atoms. The zero-order valence-electron chi connectivity index (χ0n) is 10.8. The van der Waals surface area contributed by atoms with Crippen molar-refractivity contribution >= 4 is 11.6 Å². The van der Waals surface area contributed by atoms with E-state index in [1.807, 2.05) is 36.7 Å². The van der Waals surface area contributed by atoms with Gasteiger partial charge in [0.1, 0.15) is 11.6 Å². The Morgan fingerprint density at radius 1 is 1.39 bits per heavy atom. The van der Waals surface area contributed by atoms with Crippen LogP contribution >= 0.6 is 11.6 Å². The lowest BCUT2D eigenvalue weighted by atomic mass is 10.1. The van der Waals surface area contributed by atoms with Crippen molar-refractivity contribution < 1.29 is 0 Å². The summed E-state index contributed by atoms with van der Waals surface area (Å²) in [4.78, 5) is 0. The summed E-state index contributed by atoms with van der Waals surface area (Å²) in [5.41, 5.74) is 1.17. The number of hydrogen-bond donors (Lipinski definition) is 1. The Bertz CT molecular complexity index is 536. The molecule has 4 nitrogen and oxygen atoms in total. The minimum Gasteiger partial charge on any atom is -0.317 e. The number of nitrogens with zero attached hydrogens (tertiary/aromatic N) is 3. The van der Waals surface area contributed by atoms with Crippen LogP contribution in [0.2, 0.25) is 5.02 Å². The van der Waals surface area contributed by atoms with Crippen LogP contribution in [0.15, 0.2) is 24.3 Å². The Hall–Kier alpha value is -1.39. The van der Waals surface area contributed by atoms with Crippen LogP contribution in [0.25, 0.3) is 0 Å². The van der Waals surface area contributed by atoms with E-state index in [9.17, 15) is 0 Å². The lowest BCUT2D eigenvalue weighted by molar-refractivity contribution is 0.547. The van der Waals surface area contributed by atoms with E-state index in [2.05, 4.69) is 28.5 Å². The number of nitrogens with one attached hydrogen (secondary N) is 1. The largest absolute Gasteiger partial charge is 0.317 e. The predicted octanol–water partition coefficient (Wildman–Crippen LogP) is 2.63. The van der Waals surface area contributed by atoms with Crippen molar-refractivity contribution in [2.75, 3.05) is 0 Å². The van der Waals surface area contributed by atoms with Crippen LogP contribution in [0.5, 0.6) is 0 Å². The quantitative estimate of drug-likeness (QED) is 0.923. The Morgan fingerprint density at radius 2 is 2.17 bits per heavy atom. The van der Waals surface area contributed by atoms with E-state index in [0.717, 1.165) is 16.7 Å². The monoisotopic (exact) mass is 264 g/mol. The van der Waals surface area contributed by atoms with Gasteiger partial charge in [-0.2, -0.15) is 0 Å². The highest BCUT2D eigenvalue weighted by atomic mass is 35.5. The first-order valence-corrected chi connectivity index (χ1v) is 6.29. The first kappa shape index (κ1) is 13.1. The second-order valence-electron chi connectivity index (χ2n) is 4.38. The molecule has 2 rings (SSSR count). The van der Waals surface area contributed by atoms with Gasteiger partial charge < -0.3 is 9.88 Å². The van der Waals surface area contributed by atoms with Gasteiger partial charge in [-0.3, -0.25) is 0 Å². The molecule has 0 aliphatic heterocycles. The first-order chi connectivity index (χ1) is 8.58. The van der Waals surface area contributed by atoms with Crippen molar-refractivity contribution in [3.63, 3.8) is 0 Å². The van der Waals surface area contributed by atoms with Crippen LogP contribution in [0.4, 0.5) is 0 Å². The number of aromatic nitrogens is 3. The highest BCUT2D eigenvalue weighted by Crippen LogP contribution is 2.17. The predicted molar refractivity (Wildman–Crippen MR) is 72.4 cm³/mol. The van der Waals surface area contributed by atoms with Crippen molar-refractivity contribution in [3.8, 4) is 0 Å². The Morgan fingerprint density at radius 3 is 2.78 bits per heavy atom. The number of hydrogen-bond acceptors (Lipinski definition) is 3. The molecule has 96 valence electrons. The summed E-state index contributed by atoms with van der Waals surface area (Å²) in [6.45, 7) is 4.73. The van der Waals surface area contributed by atoms with Gasteiger partial charge in [-0.15, -0.1) is 10.2 Å². The van der Waals surface area contributed by atoms with E-state index in [0.29, 0.717) is 6.54 Å². The summed E-state index contributed by atoms with van der Waals surface area (Å²) < 4.78 is 1.98. The molecule has 1 unspecified atom stereocenters. The molecule has 0 saturated carbocycles. The average molecular weight is 265 g/mol. The number of rotatable bonds is 4. The Labute approximate surface area is 112 Å². The van der Waals surface area contributed by atoms with Crippen molar-refractivity contribution in [1.82, 2.24) is 20.1 Å². The van der Waals surface area contributed by atoms with Gasteiger partial charge in [0, 0.05) is 18.1 Å². The molecule has 0 aliphatic carbocycles. The molecule has 1 atom stereocenters. The lowest BCUT2D eigenvalue weighted by Crippen LogP contribution is -2.20. The van der Waals surface area contributed by atoms with E-state index in [1.54, 1.807) is 0 Å². The molecule has 5 heteroatoms. The first-order valence-electron chi connectivity index (χ1n) is 5.91. The minimum atomic E-state index is 0.223. The summed E-state index contributed by atoms with van der Waals surface area (Å²) in [6, 6.07) is 8.10. The van der Waals surface area contributed by atoms with Gasteiger partial charge in [0.2, 0.25) is 0 Å². The molecule has 1 aromatic heterocycles. The molecule has 0 saturated heterocycles. The SMILES string of the molecule is Cc1nnc(CNC(C)c2cccc(Cl)c2)n1C. The summed E-state index contributed by atoms with van der Waals surface area (Å²) in [7, 11) is 1.97. The maximum atomic E-state index is 5.98. The van der Waals surface area contributed by atoms with Crippen molar-refractivity contribution in [3.05, 3.63) is 46.5 Å². The summed E-state index contributed by atoms with van der Waals surface area (Å²) in [5.74, 6) is 1.85. The number of benzene rings is 1. The van der Waals surface area contributed by atoms with E-state index < -0.39 is 0 Å². The lowest BCUT2D eigenvalue weighted by Gasteiger charge is -2.14. The summed E-state index contributed by atoms with van der Waals surface area (Å²) >= 11 is 5.98. The molecular weight excluding hydrogens is 248 g/mol. The van der Waals surface area contributed by atoms with E-state index in [-0.39, 0.29) is 6.04 Å². The van der Waals surface area contributed by atoms with Gasteiger partial charge in [-0.25, -0.2) is 0 Å². The molecule has 1 aromatic carbocycles. The van der Waals surface area contributed by atoms with Crippen LogP contribution in [0.3, 0.4) is 0 Å². The molecule has 0 radical (unpaired) electrons. The fraction of sp³-hybridized carbons (Fsp3) is 0.385. The van der Waals surface area contributed by atoms with Crippen molar-refractivity contribution in [2.45, 2.75) is 26.4 Å². The second kappa shape index (κ2) is 5.50.